The highest BCUT2D eigenvalue weighted by atomic mass is 79.9. The van der Waals surface area contributed by atoms with Crippen LogP contribution >= 0.6 is 31.9 Å². The molecule has 0 radical (unpaired) electrons. The van der Waals surface area contributed by atoms with Gasteiger partial charge in [-0.05, 0) is 36.3 Å². The van der Waals surface area contributed by atoms with Crippen molar-refractivity contribution in [2.24, 2.45) is 5.92 Å². The first-order chi connectivity index (χ1) is 7.33. The number of alkyl halides is 1. The molecule has 0 spiro atoms. The molecule has 1 aliphatic rings. The molecule has 82 valence electrons. The summed E-state index contributed by atoms with van der Waals surface area (Å²) in [6.07, 6.45) is 5.63. The Hall–Kier alpha value is 0.180. The topological polar surface area (TPSA) is 0 Å². The summed E-state index contributed by atoms with van der Waals surface area (Å²) in [5, 5.41) is 1.08. The molecule has 0 N–H and O–H groups in total. The van der Waals surface area contributed by atoms with Gasteiger partial charge in [0.1, 0.15) is 0 Å². The van der Waals surface area contributed by atoms with Crippen molar-refractivity contribution in [3.05, 3.63) is 34.3 Å². The van der Waals surface area contributed by atoms with Crippen molar-refractivity contribution in [1.29, 1.82) is 0 Å². The van der Waals surface area contributed by atoms with Gasteiger partial charge in [-0.2, -0.15) is 0 Å². The van der Waals surface area contributed by atoms with Crippen LogP contribution in [0.15, 0.2) is 28.7 Å². The molecule has 1 unspecified atom stereocenters. The van der Waals surface area contributed by atoms with Gasteiger partial charge in [-0.15, -0.1) is 0 Å². The molecular formula is C13H16Br2. The first kappa shape index (κ1) is 11.7. The average Bonchev–Trinajstić information content (AvgIpc) is 2.75. The molecule has 1 fully saturated rings. The SMILES string of the molecule is BrCC(c1ccccc1Br)C1CCCC1. The molecule has 0 nitrogen and oxygen atoms in total. The fourth-order valence-electron chi connectivity index (χ4n) is 2.60. The van der Waals surface area contributed by atoms with E-state index in [9.17, 15) is 0 Å². The average molecular weight is 332 g/mol. The van der Waals surface area contributed by atoms with Gasteiger partial charge < -0.3 is 0 Å². The minimum absolute atomic E-state index is 0.683. The highest BCUT2D eigenvalue weighted by molar-refractivity contribution is 9.10. The lowest BCUT2D eigenvalue weighted by Gasteiger charge is -2.22. The van der Waals surface area contributed by atoms with Gasteiger partial charge in [0.05, 0.1) is 0 Å². The Balaban J connectivity index is 2.22. The molecular weight excluding hydrogens is 316 g/mol. The lowest BCUT2D eigenvalue weighted by atomic mass is 9.86. The van der Waals surface area contributed by atoms with E-state index < -0.39 is 0 Å². The Morgan fingerprint density at radius 1 is 1.20 bits per heavy atom. The molecule has 1 atom stereocenters. The Bertz CT molecular complexity index is 316. The molecule has 1 aromatic carbocycles. The molecule has 2 rings (SSSR count). The second-order valence-corrected chi connectivity index (χ2v) is 5.83. The van der Waals surface area contributed by atoms with E-state index >= 15 is 0 Å². The minimum atomic E-state index is 0.683. The first-order valence-corrected chi connectivity index (χ1v) is 7.54. The van der Waals surface area contributed by atoms with E-state index in [1.54, 1.807) is 0 Å². The molecule has 2 heteroatoms. The zero-order valence-corrected chi connectivity index (χ0v) is 11.9. The smallest absolute Gasteiger partial charge is 0.0210 e. The quantitative estimate of drug-likeness (QED) is 0.674. The summed E-state index contributed by atoms with van der Waals surface area (Å²) < 4.78 is 1.27. The standard InChI is InChI=1S/C13H16Br2/c14-9-12(10-5-1-2-6-10)11-7-3-4-8-13(11)15/h3-4,7-8,10,12H,1-2,5-6,9H2. The summed E-state index contributed by atoms with van der Waals surface area (Å²) in [4.78, 5) is 0. The maximum atomic E-state index is 3.68. The predicted octanol–water partition coefficient (Wildman–Crippen LogP) is 5.12. The van der Waals surface area contributed by atoms with E-state index in [-0.39, 0.29) is 0 Å². The lowest BCUT2D eigenvalue weighted by Crippen LogP contribution is -2.11. The van der Waals surface area contributed by atoms with Crippen LogP contribution in [0.4, 0.5) is 0 Å². The number of benzene rings is 1. The highest BCUT2D eigenvalue weighted by Crippen LogP contribution is 2.40. The van der Waals surface area contributed by atoms with Crippen molar-refractivity contribution in [2.45, 2.75) is 31.6 Å². The molecule has 0 amide bonds. The monoisotopic (exact) mass is 330 g/mol. The number of hydrogen-bond acceptors (Lipinski definition) is 0. The van der Waals surface area contributed by atoms with E-state index in [1.165, 1.54) is 35.7 Å². The van der Waals surface area contributed by atoms with Crippen LogP contribution < -0.4 is 0 Å². The normalized spacial score (nSPS) is 19.3. The molecule has 1 saturated carbocycles. The summed E-state index contributed by atoms with van der Waals surface area (Å²) in [6.45, 7) is 0. The number of rotatable bonds is 3. The number of halogens is 2. The van der Waals surface area contributed by atoms with Gasteiger partial charge in [0.15, 0.2) is 0 Å². The Morgan fingerprint density at radius 2 is 1.87 bits per heavy atom. The lowest BCUT2D eigenvalue weighted by molar-refractivity contribution is 0.467. The third-order valence-corrected chi connectivity index (χ3v) is 4.86. The molecule has 0 aliphatic heterocycles. The van der Waals surface area contributed by atoms with Gasteiger partial charge in [-0.1, -0.05) is 62.9 Å². The number of hydrogen-bond donors (Lipinski definition) is 0. The summed E-state index contributed by atoms with van der Waals surface area (Å²) >= 11 is 7.34. The second-order valence-electron chi connectivity index (χ2n) is 4.33. The van der Waals surface area contributed by atoms with E-state index in [2.05, 4.69) is 56.1 Å². The van der Waals surface area contributed by atoms with Gasteiger partial charge in [0, 0.05) is 9.80 Å². The molecule has 0 heterocycles. The van der Waals surface area contributed by atoms with Crippen molar-refractivity contribution in [3.63, 3.8) is 0 Å². The van der Waals surface area contributed by atoms with E-state index in [0.29, 0.717) is 5.92 Å². The van der Waals surface area contributed by atoms with Crippen molar-refractivity contribution in [3.8, 4) is 0 Å². The van der Waals surface area contributed by atoms with E-state index in [1.807, 2.05) is 0 Å². The van der Waals surface area contributed by atoms with Crippen molar-refractivity contribution in [1.82, 2.24) is 0 Å². The Morgan fingerprint density at radius 3 is 2.47 bits per heavy atom. The Kier molecular flexibility index (Phi) is 4.27. The molecule has 1 aliphatic carbocycles. The van der Waals surface area contributed by atoms with Crippen LogP contribution in [-0.2, 0) is 0 Å². The van der Waals surface area contributed by atoms with Crippen LogP contribution in [0, 0.1) is 5.92 Å². The van der Waals surface area contributed by atoms with Gasteiger partial charge in [0.25, 0.3) is 0 Å². The van der Waals surface area contributed by atoms with Crippen LogP contribution in [-0.4, -0.2) is 5.33 Å². The zero-order valence-electron chi connectivity index (χ0n) is 8.76. The molecule has 0 bridgehead atoms. The van der Waals surface area contributed by atoms with Crippen LogP contribution in [0.1, 0.15) is 37.2 Å². The summed E-state index contributed by atoms with van der Waals surface area (Å²) in [7, 11) is 0. The summed E-state index contributed by atoms with van der Waals surface area (Å²) in [5.74, 6) is 1.56. The van der Waals surface area contributed by atoms with Crippen LogP contribution in [0.25, 0.3) is 0 Å². The third kappa shape index (κ3) is 2.65. The predicted molar refractivity (Wildman–Crippen MR) is 72.6 cm³/mol. The third-order valence-electron chi connectivity index (χ3n) is 3.44. The van der Waals surface area contributed by atoms with Crippen molar-refractivity contribution >= 4 is 31.9 Å². The van der Waals surface area contributed by atoms with E-state index in [4.69, 9.17) is 0 Å². The zero-order chi connectivity index (χ0) is 10.7. The highest BCUT2D eigenvalue weighted by Gasteiger charge is 2.26. The molecule has 0 aromatic heterocycles. The fourth-order valence-corrected chi connectivity index (χ4v) is 4.05. The Labute approximate surface area is 109 Å². The van der Waals surface area contributed by atoms with Gasteiger partial charge in [-0.25, -0.2) is 0 Å². The van der Waals surface area contributed by atoms with Gasteiger partial charge in [0.2, 0.25) is 0 Å². The maximum Gasteiger partial charge on any atom is 0.0210 e. The summed E-state index contributed by atoms with van der Waals surface area (Å²) in [5.41, 5.74) is 1.47. The van der Waals surface area contributed by atoms with E-state index in [0.717, 1.165) is 11.2 Å². The molecule has 0 saturated heterocycles. The second kappa shape index (κ2) is 5.49. The molecule has 15 heavy (non-hydrogen) atoms. The van der Waals surface area contributed by atoms with Crippen LogP contribution in [0.3, 0.4) is 0 Å². The minimum Gasteiger partial charge on any atom is -0.0921 e. The molecule has 1 aromatic rings. The van der Waals surface area contributed by atoms with Gasteiger partial charge in [-0.3, -0.25) is 0 Å². The first-order valence-electron chi connectivity index (χ1n) is 5.63. The van der Waals surface area contributed by atoms with Crippen LogP contribution in [0.5, 0.6) is 0 Å². The van der Waals surface area contributed by atoms with Crippen molar-refractivity contribution < 1.29 is 0 Å². The summed E-state index contributed by atoms with van der Waals surface area (Å²) in [6, 6.07) is 8.65. The van der Waals surface area contributed by atoms with Crippen LogP contribution in [0.2, 0.25) is 0 Å². The van der Waals surface area contributed by atoms with Gasteiger partial charge >= 0.3 is 0 Å². The van der Waals surface area contributed by atoms with Crippen molar-refractivity contribution in [2.75, 3.05) is 5.33 Å². The fraction of sp³-hybridized carbons (Fsp3) is 0.538. The largest absolute Gasteiger partial charge is 0.0921 e. The maximum absolute atomic E-state index is 3.68.